The number of anilines is 1. The molecule has 0 saturated carbocycles. The molecule has 0 spiro atoms. The molecule has 0 radical (unpaired) electrons. The average molecular weight is 360 g/mol. The van der Waals surface area contributed by atoms with Crippen LogP contribution in [0.25, 0.3) is 16.9 Å². The maximum atomic E-state index is 12.5. The largest absolute Gasteiger partial charge is 0.320 e. The first-order valence-electron chi connectivity index (χ1n) is 8.59. The van der Waals surface area contributed by atoms with E-state index in [0.29, 0.717) is 5.69 Å². The molecule has 3 heterocycles. The van der Waals surface area contributed by atoms with E-state index >= 15 is 0 Å². The molecule has 0 bridgehead atoms. The maximum absolute atomic E-state index is 12.5. The van der Waals surface area contributed by atoms with Gasteiger partial charge in [-0.1, -0.05) is 12.1 Å². The number of pyridine rings is 1. The zero-order valence-corrected chi connectivity index (χ0v) is 14.8. The van der Waals surface area contributed by atoms with Gasteiger partial charge >= 0.3 is 0 Å². The van der Waals surface area contributed by atoms with Gasteiger partial charge in [-0.3, -0.25) is 9.36 Å². The number of nitrogens with one attached hydrogen (secondary N) is 1. The number of imidazole rings is 1. The van der Waals surface area contributed by atoms with E-state index in [4.69, 9.17) is 0 Å². The number of hydrogen-bond donors (Lipinski definition) is 1. The Bertz CT molecular complexity index is 1090. The summed E-state index contributed by atoms with van der Waals surface area (Å²) in [5, 5.41) is 2.94. The Morgan fingerprint density at radius 3 is 2.88 bits per heavy atom. The summed E-state index contributed by atoms with van der Waals surface area (Å²) in [6.45, 7) is 0. The fourth-order valence-corrected chi connectivity index (χ4v) is 4.53. The minimum absolute atomic E-state index is 0.0629. The van der Waals surface area contributed by atoms with Gasteiger partial charge in [0.1, 0.15) is 12.1 Å². The van der Waals surface area contributed by atoms with E-state index in [2.05, 4.69) is 15.3 Å². The van der Waals surface area contributed by atoms with Crippen LogP contribution in [0.2, 0.25) is 0 Å². The van der Waals surface area contributed by atoms with E-state index in [9.17, 15) is 4.79 Å². The molecule has 3 aromatic heterocycles. The van der Waals surface area contributed by atoms with Crippen molar-refractivity contribution in [2.75, 3.05) is 5.32 Å². The lowest BCUT2D eigenvalue weighted by Crippen LogP contribution is -2.10. The van der Waals surface area contributed by atoms with Gasteiger partial charge in [-0.15, -0.1) is 11.3 Å². The van der Waals surface area contributed by atoms with Gasteiger partial charge in [0.15, 0.2) is 0 Å². The molecule has 0 atom stereocenters. The molecule has 1 amide bonds. The van der Waals surface area contributed by atoms with Gasteiger partial charge in [0, 0.05) is 4.88 Å². The molecule has 128 valence electrons. The lowest BCUT2D eigenvalue weighted by atomic mass is 10.2. The number of fused-ring (bicyclic) bond motifs is 2. The van der Waals surface area contributed by atoms with Gasteiger partial charge in [-0.2, -0.15) is 0 Å². The number of aromatic nitrogens is 3. The SMILES string of the molecule is O=C(Nc1ccc(-n2cnc3ccccc32)nc1)c1cc2c(s1)CCC2. The Balaban J connectivity index is 1.37. The minimum Gasteiger partial charge on any atom is -0.320 e. The number of rotatable bonds is 3. The smallest absolute Gasteiger partial charge is 0.265 e. The number of amides is 1. The molecule has 6 heteroatoms. The second-order valence-electron chi connectivity index (χ2n) is 6.38. The van der Waals surface area contributed by atoms with Crippen LogP contribution < -0.4 is 5.32 Å². The van der Waals surface area contributed by atoms with Crippen LogP contribution in [-0.2, 0) is 12.8 Å². The van der Waals surface area contributed by atoms with E-state index in [1.807, 2.05) is 47.0 Å². The number of benzene rings is 1. The summed E-state index contributed by atoms with van der Waals surface area (Å²) in [5.74, 6) is 0.707. The fourth-order valence-electron chi connectivity index (χ4n) is 3.38. The first-order valence-corrected chi connectivity index (χ1v) is 9.41. The van der Waals surface area contributed by atoms with Gasteiger partial charge in [0.25, 0.3) is 5.91 Å². The summed E-state index contributed by atoms with van der Waals surface area (Å²) in [5.41, 5.74) is 3.96. The first-order chi connectivity index (χ1) is 12.8. The highest BCUT2D eigenvalue weighted by Gasteiger charge is 2.18. The van der Waals surface area contributed by atoms with E-state index in [1.165, 1.54) is 16.9 Å². The molecule has 0 fully saturated rings. The Labute approximate surface area is 154 Å². The summed E-state index contributed by atoms with van der Waals surface area (Å²) in [6.07, 6.45) is 6.84. The van der Waals surface area contributed by atoms with Crippen molar-refractivity contribution in [3.05, 3.63) is 70.3 Å². The summed E-state index contributed by atoms with van der Waals surface area (Å²) in [6, 6.07) is 13.7. The van der Waals surface area contributed by atoms with E-state index in [1.54, 1.807) is 23.9 Å². The highest BCUT2D eigenvalue weighted by molar-refractivity contribution is 7.14. The van der Waals surface area contributed by atoms with Crippen LogP contribution in [0.3, 0.4) is 0 Å². The van der Waals surface area contributed by atoms with Crippen LogP contribution in [0.15, 0.2) is 55.0 Å². The van der Waals surface area contributed by atoms with Crippen molar-refractivity contribution < 1.29 is 4.79 Å². The predicted molar refractivity (Wildman–Crippen MR) is 103 cm³/mol. The molecule has 5 rings (SSSR count). The van der Waals surface area contributed by atoms with Crippen molar-refractivity contribution >= 4 is 34.0 Å². The number of thiophene rings is 1. The fraction of sp³-hybridized carbons (Fsp3) is 0.150. The summed E-state index contributed by atoms with van der Waals surface area (Å²) >= 11 is 1.61. The number of para-hydroxylation sites is 2. The summed E-state index contributed by atoms with van der Waals surface area (Å²) < 4.78 is 1.94. The van der Waals surface area contributed by atoms with E-state index in [-0.39, 0.29) is 5.91 Å². The molecular formula is C20H16N4OS. The lowest BCUT2D eigenvalue weighted by molar-refractivity contribution is 0.103. The first kappa shape index (κ1) is 15.3. The highest BCUT2D eigenvalue weighted by Crippen LogP contribution is 2.31. The van der Waals surface area contributed by atoms with Gasteiger partial charge in [0.05, 0.1) is 27.8 Å². The van der Waals surface area contributed by atoms with Gasteiger partial charge < -0.3 is 5.32 Å². The second-order valence-corrected chi connectivity index (χ2v) is 7.51. The van der Waals surface area contributed by atoms with Crippen molar-refractivity contribution in [1.82, 2.24) is 14.5 Å². The maximum Gasteiger partial charge on any atom is 0.265 e. The molecule has 26 heavy (non-hydrogen) atoms. The van der Waals surface area contributed by atoms with Crippen LogP contribution in [0.1, 0.15) is 26.5 Å². The van der Waals surface area contributed by atoms with Crippen molar-refractivity contribution in [2.45, 2.75) is 19.3 Å². The number of nitrogens with zero attached hydrogens (tertiary/aromatic N) is 3. The normalized spacial score (nSPS) is 13.1. The number of aryl methyl sites for hydroxylation is 2. The van der Waals surface area contributed by atoms with Crippen LogP contribution in [0.4, 0.5) is 5.69 Å². The zero-order valence-electron chi connectivity index (χ0n) is 14.0. The molecule has 0 saturated heterocycles. The molecule has 1 aliphatic rings. The van der Waals surface area contributed by atoms with Crippen LogP contribution in [0, 0.1) is 0 Å². The predicted octanol–water partition coefficient (Wildman–Crippen LogP) is 4.22. The lowest BCUT2D eigenvalue weighted by Gasteiger charge is -2.06. The molecule has 1 aromatic carbocycles. The van der Waals surface area contributed by atoms with Crippen LogP contribution in [0.5, 0.6) is 0 Å². The standard InChI is InChI=1S/C20H16N4OS/c25-20(18-10-13-4-3-7-17(13)26-18)23-14-8-9-19(21-11-14)24-12-22-15-5-1-2-6-16(15)24/h1-2,5-6,8-12H,3-4,7H2,(H,23,25). The van der Waals surface area contributed by atoms with E-state index in [0.717, 1.165) is 34.6 Å². The third-order valence-corrected chi connectivity index (χ3v) is 5.91. The van der Waals surface area contributed by atoms with Gasteiger partial charge in [-0.05, 0) is 55.2 Å². The quantitative estimate of drug-likeness (QED) is 0.595. The Hall–Kier alpha value is -2.99. The van der Waals surface area contributed by atoms with Crippen LogP contribution in [-0.4, -0.2) is 20.4 Å². The molecule has 4 aromatic rings. The van der Waals surface area contributed by atoms with Crippen LogP contribution >= 0.6 is 11.3 Å². The topological polar surface area (TPSA) is 59.8 Å². The summed E-state index contributed by atoms with van der Waals surface area (Å²) in [7, 11) is 0. The Kier molecular flexibility index (Phi) is 3.57. The van der Waals surface area contributed by atoms with Crippen molar-refractivity contribution in [3.63, 3.8) is 0 Å². The Morgan fingerprint density at radius 2 is 2.04 bits per heavy atom. The zero-order chi connectivity index (χ0) is 17.5. The molecule has 1 aliphatic carbocycles. The minimum atomic E-state index is -0.0629. The van der Waals surface area contributed by atoms with Crippen molar-refractivity contribution in [2.24, 2.45) is 0 Å². The average Bonchev–Trinajstić information content (AvgIpc) is 3.36. The number of carbonyl (C=O) groups excluding carboxylic acids is 1. The molecule has 0 unspecified atom stereocenters. The monoisotopic (exact) mass is 360 g/mol. The number of hydrogen-bond acceptors (Lipinski definition) is 4. The Morgan fingerprint density at radius 1 is 1.12 bits per heavy atom. The molecule has 1 N–H and O–H groups in total. The second kappa shape index (κ2) is 6.07. The van der Waals surface area contributed by atoms with Crippen molar-refractivity contribution in [3.8, 4) is 5.82 Å². The van der Waals surface area contributed by atoms with Gasteiger partial charge in [0.2, 0.25) is 0 Å². The molecular weight excluding hydrogens is 344 g/mol. The third kappa shape index (κ3) is 2.59. The molecule has 0 aliphatic heterocycles. The van der Waals surface area contributed by atoms with E-state index < -0.39 is 0 Å². The van der Waals surface area contributed by atoms with Gasteiger partial charge in [-0.25, -0.2) is 9.97 Å². The molecule has 5 nitrogen and oxygen atoms in total. The van der Waals surface area contributed by atoms with Crippen molar-refractivity contribution in [1.29, 1.82) is 0 Å². The summed E-state index contributed by atoms with van der Waals surface area (Å²) in [4.78, 5) is 23.5. The number of carbonyl (C=O) groups is 1. The highest BCUT2D eigenvalue weighted by atomic mass is 32.1. The third-order valence-electron chi connectivity index (χ3n) is 4.68.